The molecular formula is CH6N2S. The van der Waals surface area contributed by atoms with Crippen LogP contribution in [0, 0.1) is 11.8 Å². The third-order valence-corrected chi connectivity index (χ3v) is 0. The highest BCUT2D eigenvalue weighted by Crippen LogP contribution is 0.648. The topological polar surface area (TPSA) is 58.8 Å². The van der Waals surface area contributed by atoms with Crippen LogP contribution in [0.4, 0.5) is 0 Å². The molecular weight excluding hydrogens is 72.1 g/mol. The number of nitrogens with zero attached hydrogens (tertiary/aromatic N) is 1. The Balaban J connectivity index is -0.00000000500. The summed E-state index contributed by atoms with van der Waals surface area (Å²) in [5.74, 6) is 0. The van der Waals surface area contributed by atoms with E-state index >= 15 is 0 Å². The molecule has 3 heteroatoms. The zero-order valence-electron chi connectivity index (χ0n) is 2.23. The van der Waals surface area contributed by atoms with Crippen LogP contribution < -0.4 is 6.15 Å². The van der Waals surface area contributed by atoms with Gasteiger partial charge in [-0.15, -0.1) is 0 Å². The van der Waals surface area contributed by atoms with Crippen LogP contribution in [0.25, 0.3) is 0 Å². The van der Waals surface area contributed by atoms with Crippen molar-refractivity contribution in [2.75, 3.05) is 0 Å². The first-order valence-corrected chi connectivity index (χ1v) is 0.258. The van der Waals surface area contributed by atoms with Crippen molar-refractivity contribution in [3.8, 4) is 6.57 Å². The number of nitriles is 1. The van der Waals surface area contributed by atoms with Gasteiger partial charge in [-0.3, -0.25) is 0 Å². The summed E-state index contributed by atoms with van der Waals surface area (Å²) < 4.78 is 0. The van der Waals surface area contributed by atoms with E-state index in [2.05, 4.69) is 6.57 Å². The van der Waals surface area contributed by atoms with Gasteiger partial charge in [0.15, 0.2) is 0 Å². The van der Waals surface area contributed by atoms with Gasteiger partial charge in [0.05, 0.1) is 0 Å². The molecule has 0 aromatic heterocycles. The van der Waals surface area contributed by atoms with E-state index in [1.807, 2.05) is 0 Å². The standard InChI is InChI=1S/CHN.H3N.H2S/c1-2;;/h1H;1H3;1H2. The Morgan fingerprint density at radius 1 is 1.25 bits per heavy atom. The molecule has 0 aliphatic rings. The maximum Gasteiger partial charge on any atom is 0.0462 e. The van der Waals surface area contributed by atoms with Crippen molar-refractivity contribution >= 4 is 13.5 Å². The van der Waals surface area contributed by atoms with Gasteiger partial charge >= 0.3 is 0 Å². The highest BCUT2D eigenvalue weighted by atomic mass is 32.1. The number of hydrogen-bond donors (Lipinski definition) is 1. The molecule has 0 heterocycles. The third kappa shape index (κ3) is 28.8. The van der Waals surface area contributed by atoms with Crippen LogP contribution in [0.15, 0.2) is 0 Å². The van der Waals surface area contributed by atoms with E-state index in [-0.39, 0.29) is 19.6 Å². The number of rotatable bonds is 0. The molecule has 0 atom stereocenters. The predicted octanol–water partition coefficient (Wildman–Crippen LogP) is 0.415. The fourth-order valence-corrected chi connectivity index (χ4v) is 0. The first-order valence-electron chi connectivity index (χ1n) is 0.258. The maximum absolute atomic E-state index is 6.50. The van der Waals surface area contributed by atoms with Gasteiger partial charge in [0, 0.05) is 6.57 Å². The van der Waals surface area contributed by atoms with E-state index in [0.29, 0.717) is 0 Å². The molecule has 3 N–H and O–H groups in total. The van der Waals surface area contributed by atoms with E-state index in [1.165, 1.54) is 0 Å². The van der Waals surface area contributed by atoms with Crippen LogP contribution in [-0.4, -0.2) is 0 Å². The van der Waals surface area contributed by atoms with Crippen LogP contribution in [0.5, 0.6) is 0 Å². The van der Waals surface area contributed by atoms with Gasteiger partial charge < -0.3 is 6.15 Å². The molecule has 0 unspecified atom stereocenters. The summed E-state index contributed by atoms with van der Waals surface area (Å²) in [7, 11) is 0. The van der Waals surface area contributed by atoms with Crippen molar-refractivity contribution in [2.45, 2.75) is 0 Å². The van der Waals surface area contributed by atoms with Crippen molar-refractivity contribution in [1.29, 1.82) is 5.26 Å². The van der Waals surface area contributed by atoms with Crippen molar-refractivity contribution in [2.24, 2.45) is 0 Å². The second kappa shape index (κ2) is 227. The lowest BCUT2D eigenvalue weighted by molar-refractivity contribution is 1.58. The predicted molar refractivity (Wildman–Crippen MR) is 22.1 cm³/mol. The molecule has 0 amide bonds. The summed E-state index contributed by atoms with van der Waals surface area (Å²) in [6, 6.07) is 0. The highest BCUT2D eigenvalue weighted by molar-refractivity contribution is 7.59. The van der Waals surface area contributed by atoms with E-state index in [4.69, 9.17) is 5.26 Å². The van der Waals surface area contributed by atoms with Crippen molar-refractivity contribution in [1.82, 2.24) is 6.15 Å². The largest absolute Gasteiger partial charge is 0.344 e. The summed E-state index contributed by atoms with van der Waals surface area (Å²) >= 11 is 0. The normalized spacial score (nSPS) is 0.500. The first kappa shape index (κ1) is 46.5. The molecule has 0 fully saturated rings. The Labute approximate surface area is 32.5 Å². The Bertz CT molecular complexity index is 10.8. The van der Waals surface area contributed by atoms with E-state index in [0.717, 1.165) is 0 Å². The minimum atomic E-state index is 0. The molecule has 0 radical (unpaired) electrons. The molecule has 0 saturated carbocycles. The summed E-state index contributed by atoms with van der Waals surface area (Å²) in [4.78, 5) is 0. The molecule has 0 rings (SSSR count). The lowest BCUT2D eigenvalue weighted by Gasteiger charge is -0.668. The Morgan fingerprint density at radius 2 is 1.25 bits per heavy atom. The molecule has 2 nitrogen and oxygen atoms in total. The SMILES string of the molecule is C#N.N.S. The molecule has 0 aliphatic heterocycles. The smallest absolute Gasteiger partial charge is 0.0462 e. The van der Waals surface area contributed by atoms with Crippen LogP contribution >= 0.6 is 13.5 Å². The average molecular weight is 78.1 g/mol. The van der Waals surface area contributed by atoms with E-state index in [1.54, 1.807) is 0 Å². The van der Waals surface area contributed by atoms with Crippen molar-refractivity contribution in [3.05, 3.63) is 0 Å². The van der Waals surface area contributed by atoms with Gasteiger partial charge in [-0.05, 0) is 0 Å². The van der Waals surface area contributed by atoms with Gasteiger partial charge in [-0.1, -0.05) is 0 Å². The molecule has 26 valence electrons. The van der Waals surface area contributed by atoms with Crippen LogP contribution in [-0.2, 0) is 0 Å². The van der Waals surface area contributed by atoms with Crippen LogP contribution in [0.2, 0.25) is 0 Å². The summed E-state index contributed by atoms with van der Waals surface area (Å²) in [6.07, 6.45) is 0. The quantitative estimate of drug-likeness (QED) is 0.456. The van der Waals surface area contributed by atoms with Crippen LogP contribution in [0.1, 0.15) is 0 Å². The molecule has 0 spiro atoms. The second-order valence-electron chi connectivity index (χ2n) is 0. The van der Waals surface area contributed by atoms with Gasteiger partial charge in [0.1, 0.15) is 0 Å². The molecule has 4 heavy (non-hydrogen) atoms. The highest BCUT2D eigenvalue weighted by Gasteiger charge is 0.513. The molecule has 0 bridgehead atoms. The minimum absolute atomic E-state index is 0. The van der Waals surface area contributed by atoms with Crippen molar-refractivity contribution in [3.63, 3.8) is 0 Å². The Kier molecular flexibility index (Phi) is 2640. The van der Waals surface area contributed by atoms with Gasteiger partial charge in [-0.2, -0.15) is 13.5 Å². The fraction of sp³-hybridized carbons (Fsp3) is 0. The Morgan fingerprint density at radius 3 is 1.25 bits per heavy atom. The molecule has 0 aromatic rings. The molecule has 0 aromatic carbocycles. The fourth-order valence-electron chi connectivity index (χ4n) is 0. The number of hydrogen-bond acceptors (Lipinski definition) is 2. The molecule has 0 aliphatic carbocycles. The van der Waals surface area contributed by atoms with Gasteiger partial charge in [0.2, 0.25) is 0 Å². The average Bonchev–Trinajstić information content (AvgIpc) is 1.00. The monoisotopic (exact) mass is 78.0 g/mol. The minimum Gasteiger partial charge on any atom is -0.344 e. The van der Waals surface area contributed by atoms with Gasteiger partial charge in [-0.25, -0.2) is 5.26 Å². The summed E-state index contributed by atoms with van der Waals surface area (Å²) in [5.41, 5.74) is 0. The summed E-state index contributed by atoms with van der Waals surface area (Å²) in [6.45, 7) is 3.50. The van der Waals surface area contributed by atoms with Crippen LogP contribution in [0.3, 0.4) is 0 Å². The zero-order chi connectivity index (χ0) is 2.00. The Hall–Kier alpha value is -0.200. The molecule has 0 saturated heterocycles. The maximum atomic E-state index is 6.50. The van der Waals surface area contributed by atoms with Gasteiger partial charge in [0.25, 0.3) is 0 Å². The lowest BCUT2D eigenvalue weighted by atomic mass is 11.9. The second-order valence-corrected chi connectivity index (χ2v) is 0. The zero-order valence-corrected chi connectivity index (χ0v) is 3.23. The lowest BCUT2D eigenvalue weighted by Crippen LogP contribution is -0.569. The summed E-state index contributed by atoms with van der Waals surface area (Å²) in [5, 5.41) is 6.50. The van der Waals surface area contributed by atoms with E-state index in [9.17, 15) is 0 Å². The third-order valence-electron chi connectivity index (χ3n) is 0. The first-order chi connectivity index (χ1) is 1.00. The van der Waals surface area contributed by atoms with E-state index < -0.39 is 0 Å². The van der Waals surface area contributed by atoms with Crippen molar-refractivity contribution < 1.29 is 0 Å².